The zero-order valence-corrected chi connectivity index (χ0v) is 11.1. The molecule has 1 aliphatic rings. The lowest BCUT2D eigenvalue weighted by molar-refractivity contribution is -0.0762. The van der Waals surface area contributed by atoms with E-state index in [4.69, 9.17) is 15.2 Å². The molecular weight excluding hydrogens is 218 g/mol. The van der Waals surface area contributed by atoms with Crippen LogP contribution < -0.4 is 5.73 Å². The maximum atomic E-state index is 9.71. The van der Waals surface area contributed by atoms with Gasteiger partial charge in [0.2, 0.25) is 0 Å². The van der Waals surface area contributed by atoms with Gasteiger partial charge in [-0.05, 0) is 39.2 Å². The highest BCUT2D eigenvalue weighted by Gasteiger charge is 2.25. The molecule has 3 unspecified atom stereocenters. The van der Waals surface area contributed by atoms with Gasteiger partial charge in [0, 0.05) is 0 Å². The lowest BCUT2D eigenvalue weighted by Crippen LogP contribution is -2.36. The van der Waals surface area contributed by atoms with Crippen molar-refractivity contribution >= 4 is 0 Å². The van der Waals surface area contributed by atoms with Crippen molar-refractivity contribution in [2.75, 3.05) is 19.8 Å². The normalized spacial score (nSPS) is 27.4. The van der Waals surface area contributed by atoms with E-state index in [0.29, 0.717) is 25.7 Å². The molecule has 102 valence electrons. The lowest BCUT2D eigenvalue weighted by Gasteiger charge is -2.31. The maximum absolute atomic E-state index is 9.71. The summed E-state index contributed by atoms with van der Waals surface area (Å²) in [6.45, 7) is 5.30. The Morgan fingerprint density at radius 1 is 1.24 bits per heavy atom. The molecule has 4 heteroatoms. The molecule has 0 heterocycles. The van der Waals surface area contributed by atoms with E-state index in [1.807, 2.05) is 13.8 Å². The summed E-state index contributed by atoms with van der Waals surface area (Å²) in [5.74, 6) is 0.460. The summed E-state index contributed by atoms with van der Waals surface area (Å²) in [6, 6.07) is 0. The van der Waals surface area contributed by atoms with Crippen LogP contribution in [0, 0.1) is 5.92 Å². The maximum Gasteiger partial charge on any atom is 0.101 e. The van der Waals surface area contributed by atoms with Crippen LogP contribution in [0.4, 0.5) is 0 Å². The fraction of sp³-hybridized carbons (Fsp3) is 1.00. The molecule has 0 aromatic rings. The number of hydrogen-bond acceptors (Lipinski definition) is 4. The first-order valence-corrected chi connectivity index (χ1v) is 6.74. The fourth-order valence-corrected chi connectivity index (χ4v) is 2.25. The van der Waals surface area contributed by atoms with E-state index in [1.54, 1.807) is 0 Å². The van der Waals surface area contributed by atoms with E-state index in [1.165, 1.54) is 12.8 Å². The van der Waals surface area contributed by atoms with Crippen molar-refractivity contribution < 1.29 is 14.6 Å². The van der Waals surface area contributed by atoms with Crippen LogP contribution in [0.5, 0.6) is 0 Å². The highest BCUT2D eigenvalue weighted by molar-refractivity contribution is 4.77. The van der Waals surface area contributed by atoms with E-state index >= 15 is 0 Å². The van der Waals surface area contributed by atoms with Crippen molar-refractivity contribution in [2.45, 2.75) is 57.8 Å². The summed E-state index contributed by atoms with van der Waals surface area (Å²) in [6.07, 6.45) is 4.52. The second-order valence-corrected chi connectivity index (χ2v) is 5.19. The quantitative estimate of drug-likeness (QED) is 0.710. The summed E-state index contributed by atoms with van der Waals surface area (Å²) >= 11 is 0. The van der Waals surface area contributed by atoms with Crippen molar-refractivity contribution in [3.63, 3.8) is 0 Å². The Balaban J connectivity index is 2.19. The van der Waals surface area contributed by atoms with Crippen LogP contribution in [0.25, 0.3) is 0 Å². The van der Waals surface area contributed by atoms with Gasteiger partial charge in [0.25, 0.3) is 0 Å². The minimum atomic E-state index is -0.530. The molecular formula is C13H27NO3. The Hall–Kier alpha value is -0.160. The highest BCUT2D eigenvalue weighted by Crippen LogP contribution is 2.26. The van der Waals surface area contributed by atoms with Gasteiger partial charge in [0.15, 0.2) is 0 Å². The van der Waals surface area contributed by atoms with E-state index in [2.05, 4.69) is 0 Å². The number of ether oxygens (including phenoxy) is 2. The van der Waals surface area contributed by atoms with E-state index in [9.17, 15) is 5.11 Å². The monoisotopic (exact) mass is 245 g/mol. The van der Waals surface area contributed by atoms with Crippen LogP contribution in [0.1, 0.15) is 39.5 Å². The number of rotatable bonds is 7. The molecule has 3 N–H and O–H groups in total. The Morgan fingerprint density at radius 3 is 2.59 bits per heavy atom. The van der Waals surface area contributed by atoms with Crippen molar-refractivity contribution in [3.8, 4) is 0 Å². The van der Waals surface area contributed by atoms with Crippen LogP contribution in [0.15, 0.2) is 0 Å². The van der Waals surface area contributed by atoms with Crippen LogP contribution in [0.2, 0.25) is 0 Å². The zero-order chi connectivity index (χ0) is 12.7. The molecule has 0 spiro atoms. The number of aliphatic hydroxyl groups excluding tert-OH is 1. The molecule has 0 bridgehead atoms. The predicted molar refractivity (Wildman–Crippen MR) is 67.8 cm³/mol. The predicted octanol–water partition coefficient (Wildman–Crippen LogP) is 1.31. The first-order chi connectivity index (χ1) is 8.13. The van der Waals surface area contributed by atoms with E-state index < -0.39 is 6.10 Å². The second-order valence-electron chi connectivity index (χ2n) is 5.19. The molecule has 0 aromatic heterocycles. The van der Waals surface area contributed by atoms with Gasteiger partial charge in [0.05, 0.1) is 25.4 Å². The highest BCUT2D eigenvalue weighted by atomic mass is 16.5. The first-order valence-electron chi connectivity index (χ1n) is 6.74. The molecule has 0 aliphatic heterocycles. The van der Waals surface area contributed by atoms with Crippen molar-refractivity contribution in [2.24, 2.45) is 11.7 Å². The van der Waals surface area contributed by atoms with Crippen LogP contribution >= 0.6 is 0 Å². The molecule has 17 heavy (non-hydrogen) atoms. The Bertz CT molecular complexity index is 199. The molecule has 0 radical (unpaired) electrons. The van der Waals surface area contributed by atoms with E-state index in [0.717, 1.165) is 12.8 Å². The third-order valence-corrected chi connectivity index (χ3v) is 3.27. The van der Waals surface area contributed by atoms with Gasteiger partial charge in [-0.2, -0.15) is 0 Å². The Morgan fingerprint density at radius 2 is 1.94 bits per heavy atom. The summed E-state index contributed by atoms with van der Waals surface area (Å²) in [5, 5.41) is 9.71. The van der Waals surface area contributed by atoms with Crippen LogP contribution in [-0.4, -0.2) is 43.2 Å². The van der Waals surface area contributed by atoms with Gasteiger partial charge in [-0.3, -0.25) is 0 Å². The summed E-state index contributed by atoms with van der Waals surface area (Å²) in [4.78, 5) is 0. The molecule has 0 saturated heterocycles. The Labute approximate surface area is 104 Å². The number of aliphatic hydroxyl groups is 1. The first kappa shape index (κ1) is 14.9. The number of nitrogens with two attached hydrogens (primary N) is 1. The van der Waals surface area contributed by atoms with Crippen molar-refractivity contribution in [1.29, 1.82) is 0 Å². The standard InChI is InChI=1S/C13H27NO3/c1-10(2)16-8-12(15)9-17-13-6-4-3-5-11(13)7-14/h10-13,15H,3-9,14H2,1-2H3. The minimum absolute atomic E-state index is 0.149. The number of hydrogen-bond donors (Lipinski definition) is 2. The average molecular weight is 245 g/mol. The molecule has 4 nitrogen and oxygen atoms in total. The summed E-state index contributed by atoms with van der Waals surface area (Å²) < 4.78 is 11.1. The topological polar surface area (TPSA) is 64.7 Å². The van der Waals surface area contributed by atoms with Crippen molar-refractivity contribution in [3.05, 3.63) is 0 Å². The summed E-state index contributed by atoms with van der Waals surface area (Å²) in [5.41, 5.74) is 5.73. The van der Waals surface area contributed by atoms with Gasteiger partial charge in [-0.15, -0.1) is 0 Å². The molecule has 1 aliphatic carbocycles. The van der Waals surface area contributed by atoms with Gasteiger partial charge in [-0.25, -0.2) is 0 Å². The van der Waals surface area contributed by atoms with Gasteiger partial charge in [-0.1, -0.05) is 12.8 Å². The largest absolute Gasteiger partial charge is 0.388 e. The minimum Gasteiger partial charge on any atom is -0.388 e. The van der Waals surface area contributed by atoms with Crippen LogP contribution in [0.3, 0.4) is 0 Å². The SMILES string of the molecule is CC(C)OCC(O)COC1CCCCC1CN. The van der Waals surface area contributed by atoms with Gasteiger partial charge in [0.1, 0.15) is 6.10 Å². The molecule has 1 rings (SSSR count). The summed E-state index contributed by atoms with van der Waals surface area (Å²) in [7, 11) is 0. The molecule has 3 atom stereocenters. The van der Waals surface area contributed by atoms with Gasteiger partial charge < -0.3 is 20.3 Å². The van der Waals surface area contributed by atoms with E-state index in [-0.39, 0.29) is 12.2 Å². The third-order valence-electron chi connectivity index (χ3n) is 3.27. The third kappa shape index (κ3) is 5.82. The van der Waals surface area contributed by atoms with Gasteiger partial charge >= 0.3 is 0 Å². The average Bonchev–Trinajstić information content (AvgIpc) is 2.34. The fourth-order valence-electron chi connectivity index (χ4n) is 2.25. The van der Waals surface area contributed by atoms with Crippen molar-refractivity contribution in [1.82, 2.24) is 0 Å². The smallest absolute Gasteiger partial charge is 0.101 e. The second kappa shape index (κ2) is 8.03. The van der Waals surface area contributed by atoms with Crippen LogP contribution in [-0.2, 0) is 9.47 Å². The molecule has 1 saturated carbocycles. The molecule has 0 aromatic carbocycles. The zero-order valence-electron chi connectivity index (χ0n) is 11.1. The lowest BCUT2D eigenvalue weighted by atomic mass is 9.86. The molecule has 1 fully saturated rings. The molecule has 0 amide bonds. The Kier molecular flexibility index (Phi) is 7.04.